The minimum Gasteiger partial charge on any atom is -0.246 e. The molecule has 5 aromatic rings. The fraction of sp³-hybridized carbons (Fsp3) is 0.0357. The molecule has 4 nitrogen and oxygen atoms in total. The van der Waals surface area contributed by atoms with Crippen molar-refractivity contribution >= 4 is 23.1 Å². The van der Waals surface area contributed by atoms with E-state index in [-0.39, 0.29) is 0 Å². The van der Waals surface area contributed by atoms with Gasteiger partial charge in [0, 0.05) is 11.1 Å². The molecular weight excluding hydrogens is 424 g/mol. The molecule has 0 radical (unpaired) electrons. The van der Waals surface area contributed by atoms with Gasteiger partial charge in [0.25, 0.3) is 0 Å². The van der Waals surface area contributed by atoms with Gasteiger partial charge in [0.05, 0.1) is 11.4 Å². The predicted molar refractivity (Wildman–Crippen MR) is 136 cm³/mol. The molecule has 0 fully saturated rings. The van der Waals surface area contributed by atoms with E-state index in [1.165, 1.54) is 17.1 Å². The van der Waals surface area contributed by atoms with Crippen LogP contribution in [0.15, 0.2) is 125 Å². The first-order chi connectivity index (χ1) is 16.3. The van der Waals surface area contributed by atoms with Gasteiger partial charge in [-0.25, -0.2) is 8.95 Å². The van der Waals surface area contributed by atoms with Crippen LogP contribution in [0.3, 0.4) is 0 Å². The van der Waals surface area contributed by atoms with Crippen LogP contribution in [-0.2, 0) is 0 Å². The van der Waals surface area contributed by atoms with Crippen molar-refractivity contribution in [3.8, 4) is 17.1 Å². The second-order valence-electron chi connectivity index (χ2n) is 7.55. The summed E-state index contributed by atoms with van der Waals surface area (Å²) in [6, 6.07) is 38.5. The van der Waals surface area contributed by atoms with Crippen molar-refractivity contribution < 1.29 is 0 Å². The van der Waals surface area contributed by atoms with Gasteiger partial charge in [-0.05, 0) is 42.7 Å². The number of nitrogens with zero attached hydrogens (tertiary/aromatic N) is 4. The molecule has 0 N–H and O–H groups in total. The zero-order valence-electron chi connectivity index (χ0n) is 18.2. The molecular formula is C28H22N4S. The van der Waals surface area contributed by atoms with Gasteiger partial charge in [-0.2, -0.15) is 9.98 Å². The van der Waals surface area contributed by atoms with Gasteiger partial charge in [-0.1, -0.05) is 96.6 Å². The zero-order chi connectivity index (χ0) is 22.5. The lowest BCUT2D eigenvalue weighted by atomic mass is 10.2. The Morgan fingerprint density at radius 3 is 2.00 bits per heavy atom. The maximum absolute atomic E-state index is 4.92. The molecule has 33 heavy (non-hydrogen) atoms. The average molecular weight is 447 g/mol. The normalized spacial score (nSPS) is 12.2. The minimum absolute atomic E-state index is 0.631. The first kappa shape index (κ1) is 20.8. The Balaban J connectivity index is 1.69. The Labute approximate surface area is 197 Å². The van der Waals surface area contributed by atoms with E-state index in [9.17, 15) is 0 Å². The number of hydrogen-bond acceptors (Lipinski definition) is 3. The summed E-state index contributed by atoms with van der Waals surface area (Å²) >= 11 is 1.50. The highest BCUT2D eigenvalue weighted by atomic mass is 32.1. The molecule has 0 aliphatic rings. The van der Waals surface area contributed by atoms with Gasteiger partial charge in [0.2, 0.25) is 4.80 Å². The number of amidine groups is 1. The van der Waals surface area contributed by atoms with Crippen LogP contribution < -0.4 is 4.80 Å². The first-order valence-corrected chi connectivity index (χ1v) is 11.5. The maximum atomic E-state index is 4.92. The largest absolute Gasteiger partial charge is 0.246 e. The molecule has 160 valence electrons. The Hall–Kier alpha value is -4.09. The summed E-state index contributed by atoms with van der Waals surface area (Å²) in [5.41, 5.74) is 5.11. The Kier molecular flexibility index (Phi) is 6.04. The van der Waals surface area contributed by atoms with Gasteiger partial charge in [0.15, 0.2) is 11.7 Å². The van der Waals surface area contributed by atoms with E-state index in [2.05, 4.69) is 47.3 Å². The highest BCUT2D eigenvalue weighted by Gasteiger charge is 2.12. The van der Waals surface area contributed by atoms with Crippen molar-refractivity contribution in [3.63, 3.8) is 0 Å². The fourth-order valence-corrected chi connectivity index (χ4v) is 4.29. The van der Waals surface area contributed by atoms with Crippen LogP contribution in [0.1, 0.15) is 11.1 Å². The molecule has 0 saturated carbocycles. The van der Waals surface area contributed by atoms with Crippen molar-refractivity contribution in [1.82, 2.24) is 8.94 Å². The SMILES string of the molecule is Cc1ccc(-n2sc(=NC(=Nc3ccccc3)c3ccccc3)nc2-c2ccccc2)cc1. The van der Waals surface area contributed by atoms with Crippen LogP contribution in [0.4, 0.5) is 5.69 Å². The molecule has 4 aromatic carbocycles. The number of benzene rings is 4. The van der Waals surface area contributed by atoms with E-state index in [0.717, 1.165) is 28.3 Å². The molecule has 5 heteroatoms. The summed E-state index contributed by atoms with van der Waals surface area (Å²) < 4.78 is 2.12. The molecule has 0 atom stereocenters. The standard InChI is InChI=1S/C28H22N4S/c1-21-17-19-25(20-18-21)32-27(23-13-7-3-8-14-23)31-28(33-32)30-26(22-11-5-2-6-12-22)29-24-15-9-4-10-16-24/h2-20H,1H3. The van der Waals surface area contributed by atoms with Crippen LogP contribution in [0.2, 0.25) is 0 Å². The summed E-state index contributed by atoms with van der Waals surface area (Å²) in [4.78, 5) is 15.3. The average Bonchev–Trinajstić information content (AvgIpc) is 3.30. The predicted octanol–water partition coefficient (Wildman–Crippen LogP) is 6.59. The second kappa shape index (κ2) is 9.59. The summed E-state index contributed by atoms with van der Waals surface area (Å²) in [6.45, 7) is 2.09. The van der Waals surface area contributed by atoms with Crippen molar-refractivity contribution in [2.24, 2.45) is 9.98 Å². The minimum atomic E-state index is 0.631. The lowest BCUT2D eigenvalue weighted by molar-refractivity contribution is 1.12. The van der Waals surface area contributed by atoms with Crippen LogP contribution in [0.5, 0.6) is 0 Å². The van der Waals surface area contributed by atoms with E-state index in [1.807, 2.05) is 78.9 Å². The van der Waals surface area contributed by atoms with E-state index < -0.39 is 0 Å². The highest BCUT2D eigenvalue weighted by Crippen LogP contribution is 2.22. The number of aryl methyl sites for hydroxylation is 1. The van der Waals surface area contributed by atoms with E-state index >= 15 is 0 Å². The molecule has 1 aromatic heterocycles. The third-order valence-electron chi connectivity index (χ3n) is 5.09. The van der Waals surface area contributed by atoms with Crippen molar-refractivity contribution in [1.29, 1.82) is 0 Å². The lowest BCUT2D eigenvalue weighted by Gasteiger charge is -2.06. The van der Waals surface area contributed by atoms with Gasteiger partial charge in [0.1, 0.15) is 0 Å². The number of rotatable bonds is 4. The summed E-state index contributed by atoms with van der Waals surface area (Å²) in [5, 5.41) is 0. The molecule has 0 aliphatic carbocycles. The number of hydrogen-bond donors (Lipinski definition) is 0. The fourth-order valence-electron chi connectivity index (χ4n) is 3.41. The lowest BCUT2D eigenvalue weighted by Crippen LogP contribution is -2.06. The topological polar surface area (TPSA) is 42.5 Å². The Bertz CT molecular complexity index is 1430. The van der Waals surface area contributed by atoms with Gasteiger partial charge >= 0.3 is 0 Å². The van der Waals surface area contributed by atoms with E-state index in [1.54, 1.807) is 0 Å². The summed E-state index contributed by atoms with van der Waals surface area (Å²) in [7, 11) is 0. The molecule has 0 spiro atoms. The smallest absolute Gasteiger partial charge is 0.229 e. The third kappa shape index (κ3) is 4.89. The van der Waals surface area contributed by atoms with Crippen molar-refractivity contribution in [2.45, 2.75) is 6.92 Å². The molecule has 0 unspecified atom stereocenters. The monoisotopic (exact) mass is 446 g/mol. The van der Waals surface area contributed by atoms with Crippen LogP contribution in [0.25, 0.3) is 17.1 Å². The Morgan fingerprint density at radius 2 is 1.33 bits per heavy atom. The van der Waals surface area contributed by atoms with Gasteiger partial charge in [-0.15, -0.1) is 0 Å². The van der Waals surface area contributed by atoms with Gasteiger partial charge in [-0.3, -0.25) is 0 Å². The number of aliphatic imine (C=N–C) groups is 1. The van der Waals surface area contributed by atoms with Crippen molar-refractivity contribution in [2.75, 3.05) is 0 Å². The molecule has 5 rings (SSSR count). The molecule has 1 heterocycles. The second-order valence-corrected chi connectivity index (χ2v) is 8.47. The van der Waals surface area contributed by atoms with Crippen LogP contribution in [0, 0.1) is 6.92 Å². The molecule has 0 aliphatic heterocycles. The third-order valence-corrected chi connectivity index (χ3v) is 6.00. The number of para-hydroxylation sites is 1. The zero-order valence-corrected chi connectivity index (χ0v) is 19.0. The van der Waals surface area contributed by atoms with E-state index in [4.69, 9.17) is 15.0 Å². The quantitative estimate of drug-likeness (QED) is 0.227. The maximum Gasteiger partial charge on any atom is 0.229 e. The van der Waals surface area contributed by atoms with E-state index in [0.29, 0.717) is 10.6 Å². The van der Waals surface area contributed by atoms with Crippen LogP contribution >= 0.6 is 11.5 Å². The van der Waals surface area contributed by atoms with Crippen LogP contribution in [-0.4, -0.2) is 14.8 Å². The van der Waals surface area contributed by atoms with Crippen molar-refractivity contribution in [3.05, 3.63) is 131 Å². The summed E-state index contributed by atoms with van der Waals surface area (Å²) in [5.74, 6) is 1.49. The molecule has 0 saturated heterocycles. The highest BCUT2D eigenvalue weighted by molar-refractivity contribution is 7.04. The summed E-state index contributed by atoms with van der Waals surface area (Å²) in [6.07, 6.45) is 0. The first-order valence-electron chi connectivity index (χ1n) is 10.7. The number of aromatic nitrogens is 2. The van der Waals surface area contributed by atoms with Gasteiger partial charge < -0.3 is 0 Å². The molecule has 0 amide bonds. The molecule has 0 bridgehead atoms. The Morgan fingerprint density at radius 1 is 0.727 bits per heavy atom.